The van der Waals surface area contributed by atoms with Gasteiger partial charge in [0.05, 0.1) is 12.8 Å². The molecule has 1 saturated heterocycles. The summed E-state index contributed by atoms with van der Waals surface area (Å²) in [6, 6.07) is 5.72. The minimum absolute atomic E-state index is 0.224. The highest BCUT2D eigenvalue weighted by Crippen LogP contribution is 2.20. The van der Waals surface area contributed by atoms with Crippen molar-refractivity contribution in [2.75, 3.05) is 13.7 Å². The standard InChI is InChI=1S/C16H19N3O4/c1-10(20)19-9-13(8-14(19)16(22)23-3)18-15(21)11-4-6-12(17-2)7-5-11/h4-7,13-14H,2,8-9H2,1,3H3,(H,18,21)/t13-,14-/m0/s1. The largest absolute Gasteiger partial charge is 0.467 e. The first-order valence-corrected chi connectivity index (χ1v) is 7.19. The molecule has 0 unspecified atom stereocenters. The zero-order valence-corrected chi connectivity index (χ0v) is 13.1. The van der Waals surface area contributed by atoms with Crippen LogP contribution in [0.1, 0.15) is 23.7 Å². The summed E-state index contributed by atoms with van der Waals surface area (Å²) >= 11 is 0. The number of carbonyl (C=O) groups excluding carboxylic acids is 3. The average molecular weight is 317 g/mol. The van der Waals surface area contributed by atoms with Crippen LogP contribution in [0.4, 0.5) is 5.69 Å². The zero-order chi connectivity index (χ0) is 17.0. The lowest BCUT2D eigenvalue weighted by Gasteiger charge is -2.20. The van der Waals surface area contributed by atoms with Crippen LogP contribution in [0.2, 0.25) is 0 Å². The first-order chi connectivity index (χ1) is 11.0. The number of nitrogens with zero attached hydrogens (tertiary/aromatic N) is 2. The number of nitrogens with one attached hydrogen (secondary N) is 1. The van der Waals surface area contributed by atoms with E-state index >= 15 is 0 Å². The lowest BCUT2D eigenvalue weighted by atomic mass is 10.1. The number of rotatable bonds is 4. The van der Waals surface area contributed by atoms with Crippen molar-refractivity contribution in [1.29, 1.82) is 0 Å². The quantitative estimate of drug-likeness (QED) is 0.660. The van der Waals surface area contributed by atoms with Gasteiger partial charge in [0.1, 0.15) is 6.04 Å². The first-order valence-electron chi connectivity index (χ1n) is 7.19. The van der Waals surface area contributed by atoms with Crippen molar-refractivity contribution >= 4 is 30.2 Å². The van der Waals surface area contributed by atoms with Crippen LogP contribution in [0.3, 0.4) is 0 Å². The molecular weight excluding hydrogens is 298 g/mol. The number of hydrogen-bond acceptors (Lipinski definition) is 5. The van der Waals surface area contributed by atoms with E-state index in [0.717, 1.165) is 0 Å². The zero-order valence-electron chi connectivity index (χ0n) is 13.1. The summed E-state index contributed by atoms with van der Waals surface area (Å²) in [5, 5.41) is 2.84. The molecule has 122 valence electrons. The molecule has 2 rings (SSSR count). The maximum atomic E-state index is 12.2. The first kappa shape index (κ1) is 16.7. The molecule has 0 bridgehead atoms. The Morgan fingerprint density at radius 2 is 1.96 bits per heavy atom. The van der Waals surface area contributed by atoms with Gasteiger partial charge in [0.15, 0.2) is 0 Å². The van der Waals surface area contributed by atoms with Crippen molar-refractivity contribution in [1.82, 2.24) is 10.2 Å². The predicted molar refractivity (Wildman–Crippen MR) is 84.7 cm³/mol. The van der Waals surface area contributed by atoms with Crippen molar-refractivity contribution < 1.29 is 19.1 Å². The molecule has 0 saturated carbocycles. The Hall–Kier alpha value is -2.70. The molecule has 1 aromatic rings. The molecular formula is C16H19N3O4. The van der Waals surface area contributed by atoms with E-state index in [1.165, 1.54) is 18.9 Å². The van der Waals surface area contributed by atoms with Crippen LogP contribution < -0.4 is 5.32 Å². The summed E-state index contributed by atoms with van der Waals surface area (Å²) in [5.41, 5.74) is 1.16. The average Bonchev–Trinajstić information content (AvgIpc) is 2.98. The van der Waals surface area contributed by atoms with E-state index in [4.69, 9.17) is 4.74 Å². The number of likely N-dealkylation sites (tertiary alicyclic amines) is 1. The SMILES string of the molecule is C=Nc1ccc(C(=O)N[C@H]2C[C@@H](C(=O)OC)N(C(C)=O)C2)cc1. The number of hydrogen-bond donors (Lipinski definition) is 1. The van der Waals surface area contributed by atoms with Crippen LogP contribution in [-0.2, 0) is 14.3 Å². The van der Waals surface area contributed by atoms with Crippen molar-refractivity contribution in [2.24, 2.45) is 4.99 Å². The number of aliphatic imine (C=N–C) groups is 1. The second kappa shape index (κ2) is 7.04. The molecule has 0 radical (unpaired) electrons. The molecule has 1 N–H and O–H groups in total. The summed E-state index contributed by atoms with van der Waals surface area (Å²) in [6.45, 7) is 5.09. The third-order valence-corrected chi connectivity index (χ3v) is 3.83. The number of methoxy groups -OCH3 is 1. The van der Waals surface area contributed by atoms with Crippen molar-refractivity contribution in [3.63, 3.8) is 0 Å². The van der Waals surface area contributed by atoms with Crippen LogP contribution in [0.5, 0.6) is 0 Å². The monoisotopic (exact) mass is 317 g/mol. The van der Waals surface area contributed by atoms with Crippen LogP contribution >= 0.6 is 0 Å². The molecule has 0 aromatic heterocycles. The molecule has 1 aliphatic rings. The Kier molecular flexibility index (Phi) is 5.10. The third kappa shape index (κ3) is 3.74. The Morgan fingerprint density at radius 1 is 1.30 bits per heavy atom. The Balaban J connectivity index is 2.04. The summed E-state index contributed by atoms with van der Waals surface area (Å²) in [4.78, 5) is 40.8. The Bertz CT molecular complexity index is 627. The van der Waals surface area contributed by atoms with Crippen molar-refractivity contribution in [3.8, 4) is 0 Å². The van der Waals surface area contributed by atoms with E-state index < -0.39 is 12.0 Å². The molecule has 2 atom stereocenters. The number of carbonyl (C=O) groups is 3. The van der Waals surface area contributed by atoms with Crippen molar-refractivity contribution in [3.05, 3.63) is 29.8 Å². The molecule has 7 heteroatoms. The molecule has 1 aromatic carbocycles. The minimum atomic E-state index is -0.657. The molecule has 0 spiro atoms. The fourth-order valence-corrected chi connectivity index (χ4v) is 2.63. The minimum Gasteiger partial charge on any atom is -0.467 e. The van der Waals surface area contributed by atoms with Crippen LogP contribution in [0.15, 0.2) is 29.3 Å². The molecule has 2 amide bonds. The lowest BCUT2D eigenvalue weighted by Crippen LogP contribution is -2.40. The Labute approximate surface area is 134 Å². The summed E-state index contributed by atoms with van der Waals surface area (Å²) in [7, 11) is 1.28. The van der Waals surface area contributed by atoms with E-state index in [1.54, 1.807) is 24.3 Å². The molecule has 7 nitrogen and oxygen atoms in total. The van der Waals surface area contributed by atoms with E-state index in [0.29, 0.717) is 17.7 Å². The number of esters is 1. The van der Waals surface area contributed by atoms with Crippen LogP contribution in [0.25, 0.3) is 0 Å². The summed E-state index contributed by atoms with van der Waals surface area (Å²) < 4.78 is 4.72. The highest BCUT2D eigenvalue weighted by molar-refractivity contribution is 5.95. The van der Waals surface area contributed by atoms with Gasteiger partial charge in [-0.3, -0.25) is 14.6 Å². The molecule has 23 heavy (non-hydrogen) atoms. The maximum absolute atomic E-state index is 12.2. The topological polar surface area (TPSA) is 88.1 Å². The van der Waals surface area contributed by atoms with Gasteiger partial charge in [-0.2, -0.15) is 0 Å². The van der Waals surface area contributed by atoms with E-state index in [-0.39, 0.29) is 24.4 Å². The van der Waals surface area contributed by atoms with Gasteiger partial charge in [0.2, 0.25) is 5.91 Å². The molecule has 1 heterocycles. The molecule has 0 aliphatic carbocycles. The number of ether oxygens (including phenoxy) is 1. The molecule has 1 aliphatic heterocycles. The van der Waals surface area contributed by atoms with Gasteiger partial charge >= 0.3 is 5.97 Å². The summed E-state index contributed by atoms with van der Waals surface area (Å²) in [6.07, 6.45) is 0.338. The number of amides is 2. The van der Waals surface area contributed by atoms with Crippen molar-refractivity contribution in [2.45, 2.75) is 25.4 Å². The van der Waals surface area contributed by atoms with Gasteiger partial charge in [0, 0.05) is 31.5 Å². The van der Waals surface area contributed by atoms with Gasteiger partial charge < -0.3 is 15.0 Å². The second-order valence-electron chi connectivity index (χ2n) is 5.32. The van der Waals surface area contributed by atoms with Crippen LogP contribution in [-0.4, -0.2) is 55.1 Å². The highest BCUT2D eigenvalue weighted by atomic mass is 16.5. The van der Waals surface area contributed by atoms with Gasteiger partial charge in [-0.15, -0.1) is 0 Å². The second-order valence-corrected chi connectivity index (χ2v) is 5.32. The normalized spacial score (nSPS) is 20.0. The van der Waals surface area contributed by atoms with E-state index in [9.17, 15) is 14.4 Å². The number of benzene rings is 1. The van der Waals surface area contributed by atoms with Gasteiger partial charge in [0.25, 0.3) is 5.91 Å². The summed E-state index contributed by atoms with van der Waals surface area (Å²) in [5.74, 6) is -0.962. The van der Waals surface area contributed by atoms with Crippen LogP contribution in [0, 0.1) is 0 Å². The van der Waals surface area contributed by atoms with E-state index in [2.05, 4.69) is 17.0 Å². The van der Waals surface area contributed by atoms with Gasteiger partial charge in [-0.1, -0.05) is 0 Å². The lowest BCUT2D eigenvalue weighted by molar-refractivity contribution is -0.150. The third-order valence-electron chi connectivity index (χ3n) is 3.83. The fraction of sp³-hybridized carbons (Fsp3) is 0.375. The maximum Gasteiger partial charge on any atom is 0.328 e. The predicted octanol–water partition coefficient (Wildman–Crippen LogP) is 0.911. The highest BCUT2D eigenvalue weighted by Gasteiger charge is 2.39. The van der Waals surface area contributed by atoms with E-state index in [1.807, 2.05) is 0 Å². The van der Waals surface area contributed by atoms with Gasteiger partial charge in [-0.05, 0) is 31.0 Å². The smallest absolute Gasteiger partial charge is 0.328 e. The fourth-order valence-electron chi connectivity index (χ4n) is 2.63. The molecule has 1 fully saturated rings. The Morgan fingerprint density at radius 3 is 2.48 bits per heavy atom. The van der Waals surface area contributed by atoms with Gasteiger partial charge in [-0.25, -0.2) is 4.79 Å².